The van der Waals surface area contributed by atoms with Crippen LogP contribution in [0.2, 0.25) is 0 Å². The third kappa shape index (κ3) is 4.86. The van der Waals surface area contributed by atoms with Crippen molar-refractivity contribution in [2.24, 2.45) is 0 Å². The summed E-state index contributed by atoms with van der Waals surface area (Å²) < 4.78 is 11.0. The quantitative estimate of drug-likeness (QED) is 0.817. The summed E-state index contributed by atoms with van der Waals surface area (Å²) in [5.41, 5.74) is 1.19. The Morgan fingerprint density at radius 1 is 1.52 bits per heavy atom. The largest absolute Gasteiger partial charge is 0.497 e. The molecule has 1 unspecified atom stereocenters. The zero-order valence-corrected chi connectivity index (χ0v) is 13.6. The fourth-order valence-corrected chi connectivity index (χ4v) is 2.79. The molecule has 0 aromatic heterocycles. The summed E-state index contributed by atoms with van der Waals surface area (Å²) in [7, 11) is 1.69. The summed E-state index contributed by atoms with van der Waals surface area (Å²) in [4.78, 5) is 2.18. The number of benzene rings is 1. The topological polar surface area (TPSA) is 33.7 Å². The minimum atomic E-state index is 0.284. The van der Waals surface area contributed by atoms with Gasteiger partial charge < -0.3 is 19.7 Å². The number of rotatable bonds is 6. The monoisotopic (exact) mass is 308 g/mol. The fourth-order valence-electron chi connectivity index (χ4n) is 2.51. The number of thiocarbonyl (C=S) groups is 1. The smallest absolute Gasteiger partial charge is 0.169 e. The van der Waals surface area contributed by atoms with Gasteiger partial charge in [-0.15, -0.1) is 0 Å². The van der Waals surface area contributed by atoms with Crippen LogP contribution in [0.5, 0.6) is 5.75 Å². The highest BCUT2D eigenvalue weighted by molar-refractivity contribution is 7.80. The van der Waals surface area contributed by atoms with Gasteiger partial charge in [-0.05, 0) is 49.7 Å². The highest BCUT2D eigenvalue weighted by Gasteiger charge is 2.21. The van der Waals surface area contributed by atoms with Crippen LogP contribution in [0, 0.1) is 0 Å². The van der Waals surface area contributed by atoms with Crippen molar-refractivity contribution < 1.29 is 9.47 Å². The Balaban J connectivity index is 2.04. The fraction of sp³-hybridized carbons (Fsp3) is 0.562. The molecule has 0 bridgehead atoms. The minimum absolute atomic E-state index is 0.284. The number of hydrogen-bond donors (Lipinski definition) is 1. The van der Waals surface area contributed by atoms with Gasteiger partial charge in [0.15, 0.2) is 5.11 Å². The molecule has 0 radical (unpaired) electrons. The van der Waals surface area contributed by atoms with E-state index in [0.29, 0.717) is 0 Å². The molecule has 1 aromatic carbocycles. The molecule has 1 atom stereocenters. The van der Waals surface area contributed by atoms with Gasteiger partial charge in [-0.25, -0.2) is 0 Å². The molecular weight excluding hydrogens is 284 g/mol. The summed E-state index contributed by atoms with van der Waals surface area (Å²) in [6.07, 6.45) is 2.54. The van der Waals surface area contributed by atoms with Crippen molar-refractivity contribution in [1.82, 2.24) is 10.2 Å². The Bertz CT molecular complexity index is 461. The van der Waals surface area contributed by atoms with Gasteiger partial charge in [0, 0.05) is 26.2 Å². The Kier molecular flexibility index (Phi) is 6.26. The molecule has 0 amide bonds. The number of nitrogens with one attached hydrogen (secondary N) is 1. The second kappa shape index (κ2) is 8.20. The van der Waals surface area contributed by atoms with E-state index >= 15 is 0 Å². The lowest BCUT2D eigenvalue weighted by atomic mass is 10.2. The lowest BCUT2D eigenvalue weighted by molar-refractivity contribution is 0.0898. The van der Waals surface area contributed by atoms with E-state index in [1.165, 1.54) is 5.56 Å². The first kappa shape index (κ1) is 16.0. The van der Waals surface area contributed by atoms with Crippen LogP contribution in [0.1, 0.15) is 25.3 Å². The maximum atomic E-state index is 5.74. The average Bonchev–Trinajstić information content (AvgIpc) is 3.00. The standard InChI is InChI=1S/C16H24N2O2S/c1-3-17-16(21)18(12-15-8-5-9-20-15)11-13-6-4-7-14(10-13)19-2/h4,6-7,10,15H,3,5,8-9,11-12H2,1-2H3,(H,17,21). The first-order valence-corrected chi connectivity index (χ1v) is 7.91. The van der Waals surface area contributed by atoms with Gasteiger partial charge in [0.25, 0.3) is 0 Å². The van der Waals surface area contributed by atoms with Crippen LogP contribution in [0.15, 0.2) is 24.3 Å². The van der Waals surface area contributed by atoms with E-state index in [9.17, 15) is 0 Å². The molecule has 4 nitrogen and oxygen atoms in total. The van der Waals surface area contributed by atoms with Crippen LogP contribution in [-0.4, -0.2) is 42.9 Å². The summed E-state index contributed by atoms with van der Waals surface area (Å²) in [6, 6.07) is 8.11. The van der Waals surface area contributed by atoms with Gasteiger partial charge in [-0.3, -0.25) is 0 Å². The molecule has 1 heterocycles. The minimum Gasteiger partial charge on any atom is -0.497 e. The van der Waals surface area contributed by atoms with Crippen molar-refractivity contribution in [3.63, 3.8) is 0 Å². The van der Waals surface area contributed by atoms with Gasteiger partial charge >= 0.3 is 0 Å². The second-order valence-electron chi connectivity index (χ2n) is 5.20. The van der Waals surface area contributed by atoms with Gasteiger partial charge in [0.05, 0.1) is 13.2 Å². The van der Waals surface area contributed by atoms with Gasteiger partial charge in [-0.1, -0.05) is 12.1 Å². The van der Waals surface area contributed by atoms with Crippen LogP contribution >= 0.6 is 12.2 Å². The Morgan fingerprint density at radius 3 is 3.05 bits per heavy atom. The van der Waals surface area contributed by atoms with Crippen molar-refractivity contribution in [3.05, 3.63) is 29.8 Å². The number of methoxy groups -OCH3 is 1. The van der Waals surface area contributed by atoms with E-state index in [-0.39, 0.29) is 6.10 Å². The second-order valence-corrected chi connectivity index (χ2v) is 5.59. The molecule has 0 aliphatic carbocycles. The average molecular weight is 308 g/mol. The normalized spacial score (nSPS) is 17.5. The molecule has 21 heavy (non-hydrogen) atoms. The third-order valence-electron chi connectivity index (χ3n) is 3.57. The maximum absolute atomic E-state index is 5.74. The molecule has 1 aliphatic heterocycles. The molecule has 1 aliphatic rings. The molecule has 116 valence electrons. The van der Waals surface area contributed by atoms with Crippen molar-refractivity contribution >= 4 is 17.3 Å². The van der Waals surface area contributed by atoms with Gasteiger partial charge in [0.2, 0.25) is 0 Å². The summed E-state index contributed by atoms with van der Waals surface area (Å²) in [5, 5.41) is 4.03. The maximum Gasteiger partial charge on any atom is 0.169 e. The first-order chi connectivity index (χ1) is 10.2. The van der Waals surface area contributed by atoms with E-state index in [1.807, 2.05) is 12.1 Å². The van der Waals surface area contributed by atoms with Gasteiger partial charge in [-0.2, -0.15) is 0 Å². The van der Waals surface area contributed by atoms with E-state index in [4.69, 9.17) is 21.7 Å². The predicted molar refractivity (Wildman–Crippen MR) is 88.7 cm³/mol. The van der Waals surface area contributed by atoms with Crippen LogP contribution in [0.25, 0.3) is 0 Å². The van der Waals surface area contributed by atoms with Crippen LogP contribution in [0.3, 0.4) is 0 Å². The van der Waals surface area contributed by atoms with Crippen LogP contribution in [-0.2, 0) is 11.3 Å². The lowest BCUT2D eigenvalue weighted by Crippen LogP contribution is -2.43. The molecule has 0 saturated carbocycles. The van der Waals surface area contributed by atoms with Crippen LogP contribution < -0.4 is 10.1 Å². The molecule has 2 rings (SSSR count). The molecule has 0 spiro atoms. The highest BCUT2D eigenvalue weighted by Crippen LogP contribution is 2.17. The molecule has 1 N–H and O–H groups in total. The van der Waals surface area contributed by atoms with Crippen molar-refractivity contribution in [2.45, 2.75) is 32.4 Å². The summed E-state index contributed by atoms with van der Waals surface area (Å²) in [6.45, 7) is 5.36. The molecule has 1 saturated heterocycles. The Hall–Kier alpha value is -1.33. The number of hydrogen-bond acceptors (Lipinski definition) is 3. The highest BCUT2D eigenvalue weighted by atomic mass is 32.1. The van der Waals surface area contributed by atoms with E-state index in [1.54, 1.807) is 7.11 Å². The zero-order chi connectivity index (χ0) is 15.1. The van der Waals surface area contributed by atoms with E-state index in [2.05, 4.69) is 29.3 Å². The van der Waals surface area contributed by atoms with E-state index < -0.39 is 0 Å². The molecule has 1 aromatic rings. The summed E-state index contributed by atoms with van der Waals surface area (Å²) >= 11 is 5.50. The van der Waals surface area contributed by atoms with Crippen molar-refractivity contribution in [1.29, 1.82) is 0 Å². The molecule has 5 heteroatoms. The molecule has 1 fully saturated rings. The van der Waals surface area contributed by atoms with Gasteiger partial charge in [0.1, 0.15) is 5.75 Å². The van der Waals surface area contributed by atoms with Crippen molar-refractivity contribution in [2.75, 3.05) is 26.8 Å². The lowest BCUT2D eigenvalue weighted by Gasteiger charge is -2.28. The molecular formula is C16H24N2O2S. The van der Waals surface area contributed by atoms with E-state index in [0.717, 1.165) is 49.9 Å². The first-order valence-electron chi connectivity index (χ1n) is 7.50. The number of nitrogens with zero attached hydrogens (tertiary/aromatic N) is 1. The predicted octanol–water partition coefficient (Wildman–Crippen LogP) is 2.57. The SMILES string of the molecule is CCNC(=S)N(Cc1cccc(OC)c1)CC1CCCO1. The number of ether oxygens (including phenoxy) is 2. The van der Waals surface area contributed by atoms with Crippen LogP contribution in [0.4, 0.5) is 0 Å². The summed E-state index contributed by atoms with van der Waals surface area (Å²) in [5.74, 6) is 0.874. The van der Waals surface area contributed by atoms with Crippen molar-refractivity contribution in [3.8, 4) is 5.75 Å². The third-order valence-corrected chi connectivity index (χ3v) is 3.97. The Morgan fingerprint density at radius 2 is 2.38 bits per heavy atom. The zero-order valence-electron chi connectivity index (χ0n) is 12.8. The Labute approximate surface area is 132 Å².